The van der Waals surface area contributed by atoms with Crippen LogP contribution in [0.15, 0.2) is 0 Å². The van der Waals surface area contributed by atoms with Crippen molar-refractivity contribution in [1.29, 1.82) is 0 Å². The number of ether oxygens (including phenoxy) is 1. The van der Waals surface area contributed by atoms with Crippen LogP contribution in [-0.4, -0.2) is 37.0 Å². The van der Waals surface area contributed by atoms with Crippen molar-refractivity contribution >= 4 is 0 Å². The second-order valence-corrected chi connectivity index (χ2v) is 3.87. The number of nitrogens with one attached hydrogen (secondary N) is 1. The molecule has 2 N–H and O–H groups in total. The lowest BCUT2D eigenvalue weighted by molar-refractivity contribution is 0.0507. The molecule has 0 aromatic carbocycles. The van der Waals surface area contributed by atoms with E-state index in [1.807, 2.05) is 0 Å². The molecule has 0 aliphatic carbocycles. The van der Waals surface area contributed by atoms with E-state index in [9.17, 15) is 5.11 Å². The maximum absolute atomic E-state index is 9.35. The quantitative estimate of drug-likeness (QED) is 0.687. The number of hydrogen-bond acceptors (Lipinski definition) is 3. The van der Waals surface area contributed by atoms with Gasteiger partial charge >= 0.3 is 0 Å². The molecular formula is C10H21NO2. The van der Waals surface area contributed by atoms with E-state index in [1.54, 1.807) is 0 Å². The van der Waals surface area contributed by atoms with Crippen LogP contribution < -0.4 is 5.32 Å². The number of aliphatic hydroxyl groups excluding tert-OH is 1. The van der Waals surface area contributed by atoms with Gasteiger partial charge in [0.15, 0.2) is 0 Å². The Balaban J connectivity index is 2.43. The summed E-state index contributed by atoms with van der Waals surface area (Å²) in [5, 5.41) is 12.8. The summed E-state index contributed by atoms with van der Waals surface area (Å²) in [6.45, 7) is 4.80. The Labute approximate surface area is 80.5 Å². The molecule has 1 fully saturated rings. The summed E-state index contributed by atoms with van der Waals surface area (Å²) >= 11 is 0. The maximum atomic E-state index is 9.35. The van der Waals surface area contributed by atoms with Crippen LogP contribution in [-0.2, 0) is 4.74 Å². The summed E-state index contributed by atoms with van der Waals surface area (Å²) in [5.74, 6) is 0. The SMILES string of the molecule is CCCCC1(CO)COCCCN1. The van der Waals surface area contributed by atoms with Gasteiger partial charge in [-0.2, -0.15) is 0 Å². The molecule has 0 aromatic rings. The standard InChI is InChI=1S/C10H21NO2/c1-2-3-5-10(8-12)9-13-7-4-6-11-10/h11-12H,2-9H2,1H3. The van der Waals surface area contributed by atoms with Gasteiger partial charge in [-0.3, -0.25) is 0 Å². The molecule has 0 aromatic heterocycles. The third-order valence-corrected chi connectivity index (χ3v) is 2.66. The molecule has 78 valence electrons. The van der Waals surface area contributed by atoms with Crippen LogP contribution in [0.1, 0.15) is 32.6 Å². The van der Waals surface area contributed by atoms with Gasteiger partial charge in [0.2, 0.25) is 0 Å². The first kappa shape index (κ1) is 11.0. The minimum atomic E-state index is -0.160. The van der Waals surface area contributed by atoms with Gasteiger partial charge in [0.1, 0.15) is 0 Å². The molecule has 0 saturated carbocycles. The normalized spacial score (nSPS) is 30.0. The number of unbranched alkanes of at least 4 members (excludes halogenated alkanes) is 1. The van der Waals surface area contributed by atoms with Gasteiger partial charge in [0.05, 0.1) is 18.8 Å². The highest BCUT2D eigenvalue weighted by Crippen LogP contribution is 2.16. The highest BCUT2D eigenvalue weighted by molar-refractivity contribution is 4.88. The molecule has 1 rings (SSSR count). The van der Waals surface area contributed by atoms with Crippen molar-refractivity contribution < 1.29 is 9.84 Å². The second kappa shape index (κ2) is 5.58. The smallest absolute Gasteiger partial charge is 0.0670 e. The maximum Gasteiger partial charge on any atom is 0.0670 e. The van der Waals surface area contributed by atoms with E-state index in [0.29, 0.717) is 6.61 Å². The van der Waals surface area contributed by atoms with Crippen LogP contribution in [0.25, 0.3) is 0 Å². The monoisotopic (exact) mass is 187 g/mol. The van der Waals surface area contributed by atoms with Crippen molar-refractivity contribution in [2.75, 3.05) is 26.4 Å². The van der Waals surface area contributed by atoms with E-state index >= 15 is 0 Å². The highest BCUT2D eigenvalue weighted by Gasteiger charge is 2.29. The third kappa shape index (κ3) is 3.25. The van der Waals surface area contributed by atoms with Gasteiger partial charge in [-0.1, -0.05) is 19.8 Å². The zero-order valence-corrected chi connectivity index (χ0v) is 8.51. The minimum Gasteiger partial charge on any atom is -0.394 e. The fourth-order valence-electron chi connectivity index (χ4n) is 1.70. The zero-order chi connectivity index (χ0) is 9.57. The molecular weight excluding hydrogens is 166 g/mol. The van der Waals surface area contributed by atoms with Gasteiger partial charge in [-0.25, -0.2) is 0 Å². The lowest BCUT2D eigenvalue weighted by Gasteiger charge is -2.30. The molecule has 3 nitrogen and oxygen atoms in total. The molecule has 1 saturated heterocycles. The minimum absolute atomic E-state index is 0.160. The number of rotatable bonds is 4. The van der Waals surface area contributed by atoms with Crippen molar-refractivity contribution in [2.45, 2.75) is 38.1 Å². The van der Waals surface area contributed by atoms with Gasteiger partial charge in [-0.05, 0) is 19.4 Å². The molecule has 1 unspecified atom stereocenters. The van der Waals surface area contributed by atoms with Gasteiger partial charge in [0.25, 0.3) is 0 Å². The molecule has 0 bridgehead atoms. The molecule has 1 atom stereocenters. The van der Waals surface area contributed by atoms with Crippen molar-refractivity contribution in [1.82, 2.24) is 5.32 Å². The molecule has 0 radical (unpaired) electrons. The van der Waals surface area contributed by atoms with E-state index in [2.05, 4.69) is 12.2 Å². The molecule has 1 heterocycles. The lowest BCUT2D eigenvalue weighted by Crippen LogP contribution is -2.51. The number of aliphatic hydroxyl groups is 1. The molecule has 0 spiro atoms. The average Bonchev–Trinajstić information content (AvgIpc) is 2.41. The summed E-state index contributed by atoms with van der Waals surface area (Å²) in [4.78, 5) is 0. The van der Waals surface area contributed by atoms with Crippen LogP contribution in [0.4, 0.5) is 0 Å². The van der Waals surface area contributed by atoms with E-state index in [0.717, 1.165) is 32.4 Å². The van der Waals surface area contributed by atoms with E-state index in [4.69, 9.17) is 4.74 Å². The summed E-state index contributed by atoms with van der Waals surface area (Å²) in [6, 6.07) is 0. The topological polar surface area (TPSA) is 41.5 Å². The summed E-state index contributed by atoms with van der Waals surface area (Å²) in [5.41, 5.74) is -0.160. The molecule has 0 amide bonds. The van der Waals surface area contributed by atoms with Crippen LogP contribution in [0.5, 0.6) is 0 Å². The first-order valence-corrected chi connectivity index (χ1v) is 5.26. The zero-order valence-electron chi connectivity index (χ0n) is 8.51. The van der Waals surface area contributed by atoms with Crippen molar-refractivity contribution in [3.05, 3.63) is 0 Å². The largest absolute Gasteiger partial charge is 0.394 e. The molecule has 3 heteroatoms. The van der Waals surface area contributed by atoms with Crippen molar-refractivity contribution in [3.63, 3.8) is 0 Å². The van der Waals surface area contributed by atoms with Gasteiger partial charge < -0.3 is 15.2 Å². The first-order chi connectivity index (χ1) is 6.33. The van der Waals surface area contributed by atoms with Crippen LogP contribution in [0, 0.1) is 0 Å². The lowest BCUT2D eigenvalue weighted by atomic mass is 9.94. The third-order valence-electron chi connectivity index (χ3n) is 2.66. The van der Waals surface area contributed by atoms with Gasteiger partial charge in [0, 0.05) is 6.61 Å². The Morgan fingerprint density at radius 2 is 2.38 bits per heavy atom. The van der Waals surface area contributed by atoms with Crippen LogP contribution in [0.3, 0.4) is 0 Å². The highest BCUT2D eigenvalue weighted by atomic mass is 16.5. The number of hydrogen-bond donors (Lipinski definition) is 2. The van der Waals surface area contributed by atoms with Crippen molar-refractivity contribution in [2.24, 2.45) is 0 Å². The summed E-state index contributed by atoms with van der Waals surface area (Å²) in [7, 11) is 0. The molecule has 13 heavy (non-hydrogen) atoms. The Hall–Kier alpha value is -0.120. The van der Waals surface area contributed by atoms with E-state index in [1.165, 1.54) is 6.42 Å². The fraction of sp³-hybridized carbons (Fsp3) is 1.00. The first-order valence-electron chi connectivity index (χ1n) is 5.26. The molecule has 1 aliphatic rings. The van der Waals surface area contributed by atoms with Crippen molar-refractivity contribution in [3.8, 4) is 0 Å². The predicted molar refractivity (Wildman–Crippen MR) is 52.8 cm³/mol. The van der Waals surface area contributed by atoms with E-state index < -0.39 is 0 Å². The Morgan fingerprint density at radius 3 is 3.08 bits per heavy atom. The summed E-state index contributed by atoms with van der Waals surface area (Å²) < 4.78 is 5.48. The van der Waals surface area contributed by atoms with Gasteiger partial charge in [-0.15, -0.1) is 0 Å². The molecule has 1 aliphatic heterocycles. The Kier molecular flexibility index (Phi) is 4.70. The summed E-state index contributed by atoms with van der Waals surface area (Å²) in [6.07, 6.45) is 4.38. The second-order valence-electron chi connectivity index (χ2n) is 3.87. The Morgan fingerprint density at radius 1 is 1.54 bits per heavy atom. The average molecular weight is 187 g/mol. The van der Waals surface area contributed by atoms with Crippen LogP contribution in [0.2, 0.25) is 0 Å². The predicted octanol–water partition coefficient (Wildman–Crippen LogP) is 0.918. The van der Waals surface area contributed by atoms with Crippen LogP contribution >= 0.6 is 0 Å². The Bertz CT molecular complexity index is 131. The van der Waals surface area contributed by atoms with E-state index in [-0.39, 0.29) is 12.1 Å². The fourth-order valence-corrected chi connectivity index (χ4v) is 1.70.